The normalized spacial score (nSPS) is 12.2. The number of hydrogen-bond acceptors (Lipinski definition) is 32. The van der Waals surface area contributed by atoms with Gasteiger partial charge in [-0.15, -0.1) is 74.1 Å². The molecule has 0 bridgehead atoms. The molecule has 564 valence electrons. The molecule has 28 N–H and O–H groups in total. The monoisotopic (exact) mass is 1440 g/mol. The van der Waals surface area contributed by atoms with Gasteiger partial charge in [0.05, 0.1) is 36.4 Å². The lowest BCUT2D eigenvalue weighted by molar-refractivity contribution is 0.388. The number of terminal acetylenes is 6. The molecule has 0 saturated heterocycles. The van der Waals surface area contributed by atoms with E-state index in [4.69, 9.17) is 202 Å². The van der Waals surface area contributed by atoms with Gasteiger partial charge in [-0.3, -0.25) is 0 Å². The number of rotatable bonds is 30. The minimum absolute atomic E-state index is 0.0631. The van der Waals surface area contributed by atoms with Gasteiger partial charge in [-0.1, -0.05) is 69.2 Å². The highest BCUT2D eigenvalue weighted by molar-refractivity contribution is 6.45. The van der Waals surface area contributed by atoms with Gasteiger partial charge in [-0.25, -0.2) is 0 Å². The van der Waals surface area contributed by atoms with Crippen LogP contribution >= 0.6 is 0 Å². The molecule has 0 rings (SSSR count). The lowest BCUT2D eigenvalue weighted by atomic mass is 9.72. The van der Waals surface area contributed by atoms with Crippen molar-refractivity contribution in [1.29, 1.82) is 31.6 Å². The van der Waals surface area contributed by atoms with E-state index in [0.717, 1.165) is 0 Å². The maximum Gasteiger partial charge on any atom is 0.455 e. The van der Waals surface area contributed by atoms with Crippen molar-refractivity contribution in [3.05, 3.63) is 0 Å². The molecule has 12 atom stereocenters. The van der Waals surface area contributed by atoms with Gasteiger partial charge in [-0.05, 0) is 61.6 Å². The fourth-order valence-electron chi connectivity index (χ4n) is 5.10. The first-order valence-electron chi connectivity index (χ1n) is 31.8. The van der Waals surface area contributed by atoms with Crippen LogP contribution in [0.25, 0.3) is 0 Å². The molecule has 0 radical (unpaired) electrons. The summed E-state index contributed by atoms with van der Waals surface area (Å²) in [6.45, 7) is 17.3. The first kappa shape index (κ1) is 123. The zero-order chi connectivity index (χ0) is 83.1. The standard InChI is InChI=1S/3C6H11BO2.C5H10BNO2.3C5H9BO2.2C4H9BN2O2.3C4H8BNO2/c3*1-3-4-6(2)5-7(8)9;1-5(2-3-7)4-6(8)9;3*1-3-4-5(2)6(7)8;2*6-2-1-4(7)3-5(8)9;3*1-4(2-3-6)5(7)8/h3*1,6,8-9H,4-5H2,2H3;5,8-9H,2,4H2,1H3;3*1,5,7-8H,4H2,2H3;2*4,8-9H,1,3,7H2;3*4,7-8H,2H2,1H3/t2*6-;;;2*5-;;4*4-;/m10..10.1010./s1. The van der Waals surface area contributed by atoms with Crippen LogP contribution in [0.1, 0.15) is 146 Å². The van der Waals surface area contributed by atoms with Crippen molar-refractivity contribution in [2.24, 2.45) is 35.1 Å². The van der Waals surface area contributed by atoms with Crippen molar-refractivity contribution < 1.29 is 121 Å². The van der Waals surface area contributed by atoms with Gasteiger partial charge >= 0.3 is 85.4 Å². The highest BCUT2D eigenvalue weighted by atomic mass is 16.4. The zero-order valence-electron chi connectivity index (χ0n) is 60.6. The molecular formula is C58H112B12N8O24. The number of hydrogen-bond donors (Lipinski definition) is 26. The van der Waals surface area contributed by atoms with Gasteiger partial charge in [0.1, 0.15) is 0 Å². The summed E-state index contributed by atoms with van der Waals surface area (Å²) in [7, 11) is -15.6. The molecule has 0 spiro atoms. The Balaban J connectivity index is -0.0000000867. The van der Waals surface area contributed by atoms with Crippen LogP contribution in [0.2, 0.25) is 72.8 Å². The summed E-state index contributed by atoms with van der Waals surface area (Å²) in [5, 5.41) is 250. The number of nitrogens with zero attached hydrogens (tertiary/aromatic N) is 6. The van der Waals surface area contributed by atoms with E-state index in [1.165, 1.54) is 0 Å². The molecule has 32 nitrogen and oxygen atoms in total. The Hall–Kier alpha value is -5.96. The molecule has 0 aliphatic carbocycles. The molecule has 0 heterocycles. The van der Waals surface area contributed by atoms with Gasteiger partial charge in [0.25, 0.3) is 0 Å². The fourth-order valence-corrected chi connectivity index (χ4v) is 5.10. The Labute approximate surface area is 611 Å². The summed E-state index contributed by atoms with van der Waals surface area (Å²) in [5.74, 6) is 13.4. The van der Waals surface area contributed by atoms with Crippen molar-refractivity contribution in [1.82, 2.24) is 0 Å². The van der Waals surface area contributed by atoms with E-state index in [1.807, 2.05) is 64.1 Å². The molecule has 0 fully saturated rings. The SMILES string of the molecule is C#CCC(C)B(O)O.C#CCC(C)CB(O)O.C#CC[C@@H](C)B(O)O.C#CC[C@@H](C)CB(O)O.C#CC[C@H](C)B(O)O.C#CC[C@H](C)CB(O)O.CC(CC#N)B(O)O.CC(CC#N)CB(O)O.C[C@@H](CC#N)B(O)O.C[C@H](CC#N)B(O)O.N#CC[C@@H](N)CB(O)O.N#CC[C@H](N)CB(O)O. The molecule has 0 amide bonds. The summed E-state index contributed by atoms with van der Waals surface area (Å²) < 4.78 is 0. The van der Waals surface area contributed by atoms with Gasteiger partial charge in [0.2, 0.25) is 0 Å². The van der Waals surface area contributed by atoms with Crippen LogP contribution in [0.3, 0.4) is 0 Å². The molecular weight excluding hydrogens is 1320 g/mol. The molecule has 0 aliphatic heterocycles. The Morgan fingerprint density at radius 1 is 0.225 bits per heavy atom. The van der Waals surface area contributed by atoms with Gasteiger partial charge in [0, 0.05) is 124 Å². The lowest BCUT2D eigenvalue weighted by Crippen LogP contribution is -2.27. The Kier molecular flexibility index (Phi) is 110. The van der Waals surface area contributed by atoms with E-state index in [0.29, 0.717) is 63.9 Å². The minimum atomic E-state index is -1.40. The largest absolute Gasteiger partial charge is 0.455 e. The molecule has 44 heteroatoms. The Morgan fingerprint density at radius 3 is 0.461 bits per heavy atom. The van der Waals surface area contributed by atoms with Crippen molar-refractivity contribution >= 4 is 85.4 Å². The first-order valence-corrected chi connectivity index (χ1v) is 31.8. The summed E-state index contributed by atoms with van der Waals surface area (Å²) in [6, 6.07) is 10.2. The molecule has 0 aromatic carbocycles. The van der Waals surface area contributed by atoms with Gasteiger partial charge in [-0.2, -0.15) is 31.6 Å². The third kappa shape index (κ3) is 134. The minimum Gasteiger partial charge on any atom is -0.427 e. The highest BCUT2D eigenvalue weighted by Gasteiger charge is 2.21. The summed E-state index contributed by atoms with van der Waals surface area (Å²) >= 11 is 0. The Morgan fingerprint density at radius 2 is 0.363 bits per heavy atom. The number of nitrogens with two attached hydrogens (primary N) is 2. The van der Waals surface area contributed by atoms with Gasteiger partial charge < -0.3 is 132 Å². The van der Waals surface area contributed by atoms with E-state index in [1.54, 1.807) is 41.5 Å². The predicted octanol–water partition coefficient (Wildman–Crippen LogP) is -3.33. The van der Waals surface area contributed by atoms with Crippen LogP contribution in [-0.4, -0.2) is 218 Å². The van der Waals surface area contributed by atoms with Crippen molar-refractivity contribution in [3.8, 4) is 110 Å². The van der Waals surface area contributed by atoms with Crippen molar-refractivity contribution in [2.45, 2.75) is 231 Å². The van der Waals surface area contributed by atoms with E-state index in [9.17, 15) is 0 Å². The zero-order valence-corrected chi connectivity index (χ0v) is 60.6. The summed E-state index contributed by atoms with van der Waals surface area (Å²) in [4.78, 5) is 0. The molecule has 0 aromatic rings. The van der Waals surface area contributed by atoms with E-state index in [2.05, 4.69) is 35.5 Å². The second-order valence-electron chi connectivity index (χ2n) is 23.2. The molecule has 102 heavy (non-hydrogen) atoms. The van der Waals surface area contributed by atoms with E-state index in [-0.39, 0.29) is 110 Å². The first-order chi connectivity index (χ1) is 47.1. The maximum atomic E-state index is 8.44. The maximum absolute atomic E-state index is 8.44. The summed E-state index contributed by atoms with van der Waals surface area (Å²) in [5.41, 5.74) is 10.5. The third-order valence-electron chi connectivity index (χ3n) is 11.6. The smallest absolute Gasteiger partial charge is 0.427 e. The van der Waals surface area contributed by atoms with Crippen LogP contribution in [0.5, 0.6) is 0 Å². The van der Waals surface area contributed by atoms with Crippen LogP contribution in [0.15, 0.2) is 0 Å². The average molecular weight is 1440 g/mol. The predicted molar refractivity (Wildman–Crippen MR) is 402 cm³/mol. The average Bonchev–Trinajstić information content (AvgIpc) is 1.92. The van der Waals surface area contributed by atoms with Crippen molar-refractivity contribution in [3.63, 3.8) is 0 Å². The molecule has 0 aliphatic rings. The van der Waals surface area contributed by atoms with E-state index < -0.39 is 97.5 Å². The third-order valence-corrected chi connectivity index (χ3v) is 11.6. The molecule has 4 unspecified atom stereocenters. The van der Waals surface area contributed by atoms with Crippen LogP contribution < -0.4 is 11.5 Å². The fraction of sp³-hybridized carbons (Fsp3) is 0.690. The van der Waals surface area contributed by atoms with Gasteiger partial charge in [0.15, 0.2) is 0 Å². The summed E-state index contributed by atoms with van der Waals surface area (Å²) in [6.07, 6.45) is 35.5. The van der Waals surface area contributed by atoms with Crippen LogP contribution in [0.4, 0.5) is 0 Å². The van der Waals surface area contributed by atoms with Crippen molar-refractivity contribution in [2.75, 3.05) is 0 Å². The number of nitriles is 6. The second-order valence-corrected chi connectivity index (χ2v) is 23.2. The topological polar surface area (TPSA) is 680 Å². The highest BCUT2D eigenvalue weighted by Crippen LogP contribution is 2.13. The molecule has 0 saturated carbocycles. The van der Waals surface area contributed by atoms with E-state index >= 15 is 0 Å². The second kappa shape index (κ2) is 91.1. The van der Waals surface area contributed by atoms with Crippen LogP contribution in [-0.2, 0) is 0 Å². The Bertz CT molecular complexity index is 1980. The lowest BCUT2D eigenvalue weighted by Gasteiger charge is -2.04. The van der Waals surface area contributed by atoms with Crippen LogP contribution in [0, 0.1) is 166 Å². The quantitative estimate of drug-likeness (QED) is 0.0247. The molecule has 0 aromatic heterocycles.